The Morgan fingerprint density at radius 3 is 3.11 bits per heavy atom. The first-order chi connectivity index (χ1) is 8.88. The number of nitrogens with two attached hydrogens (primary N) is 1. The molecule has 1 aromatic heterocycles. The monoisotopic (exact) mass is 245 g/mol. The highest BCUT2D eigenvalue weighted by molar-refractivity contribution is 5.40. The number of rotatable bonds is 3. The van der Waals surface area contributed by atoms with Gasteiger partial charge in [0.05, 0.1) is 12.5 Å². The highest BCUT2D eigenvalue weighted by atomic mass is 16.5. The minimum Gasteiger partial charge on any atom is -0.493 e. The van der Waals surface area contributed by atoms with Gasteiger partial charge in [-0.1, -0.05) is 23.4 Å². The molecule has 1 atom stereocenters. The molecule has 5 nitrogen and oxygen atoms in total. The molecule has 0 saturated heterocycles. The molecule has 1 aliphatic heterocycles. The number of hydrogen-bond acceptors (Lipinski definition) is 5. The summed E-state index contributed by atoms with van der Waals surface area (Å²) in [6.45, 7) is 1.21. The molecule has 0 radical (unpaired) electrons. The van der Waals surface area contributed by atoms with E-state index in [0.29, 0.717) is 31.3 Å². The maximum Gasteiger partial charge on any atom is 0.234 e. The summed E-state index contributed by atoms with van der Waals surface area (Å²) in [4.78, 5) is 4.41. The number of aromatic nitrogens is 2. The van der Waals surface area contributed by atoms with E-state index in [4.69, 9.17) is 15.0 Å². The van der Waals surface area contributed by atoms with Crippen LogP contribution in [0.2, 0.25) is 0 Å². The Hall–Kier alpha value is -1.88. The fourth-order valence-electron chi connectivity index (χ4n) is 2.24. The van der Waals surface area contributed by atoms with Crippen molar-refractivity contribution >= 4 is 0 Å². The van der Waals surface area contributed by atoms with Crippen LogP contribution in [0.25, 0.3) is 0 Å². The van der Waals surface area contributed by atoms with Crippen LogP contribution in [0.15, 0.2) is 28.8 Å². The van der Waals surface area contributed by atoms with Gasteiger partial charge in [-0.3, -0.25) is 0 Å². The largest absolute Gasteiger partial charge is 0.493 e. The molecule has 0 fully saturated rings. The normalized spacial score (nSPS) is 18.2. The predicted molar refractivity (Wildman–Crippen MR) is 65.5 cm³/mol. The van der Waals surface area contributed by atoms with Crippen molar-refractivity contribution in [3.63, 3.8) is 0 Å². The summed E-state index contributed by atoms with van der Waals surface area (Å²) in [5, 5.41) is 3.95. The lowest BCUT2D eigenvalue weighted by Gasteiger charge is -2.22. The second-order valence-electron chi connectivity index (χ2n) is 4.32. The molecule has 0 bridgehead atoms. The number of para-hydroxylation sites is 1. The van der Waals surface area contributed by atoms with Gasteiger partial charge in [0.25, 0.3) is 0 Å². The summed E-state index contributed by atoms with van der Waals surface area (Å²) in [7, 11) is 0. The van der Waals surface area contributed by atoms with Gasteiger partial charge in [-0.25, -0.2) is 0 Å². The zero-order valence-corrected chi connectivity index (χ0v) is 10.0. The van der Waals surface area contributed by atoms with Gasteiger partial charge in [-0.15, -0.1) is 0 Å². The number of fused-ring (bicyclic) bond motifs is 1. The molecule has 2 heterocycles. The van der Waals surface area contributed by atoms with Gasteiger partial charge in [0.2, 0.25) is 5.89 Å². The third-order valence-electron chi connectivity index (χ3n) is 3.11. The van der Waals surface area contributed by atoms with Gasteiger partial charge in [-0.2, -0.15) is 4.98 Å². The molecule has 0 spiro atoms. The van der Waals surface area contributed by atoms with Crippen LogP contribution in [0.1, 0.15) is 29.6 Å². The van der Waals surface area contributed by atoms with E-state index in [2.05, 4.69) is 10.1 Å². The molecule has 0 aliphatic carbocycles. The van der Waals surface area contributed by atoms with E-state index in [-0.39, 0.29) is 5.92 Å². The summed E-state index contributed by atoms with van der Waals surface area (Å²) < 4.78 is 11.0. The van der Waals surface area contributed by atoms with Crippen LogP contribution in [-0.4, -0.2) is 23.3 Å². The maximum absolute atomic E-state index is 5.62. The van der Waals surface area contributed by atoms with Gasteiger partial charge in [0, 0.05) is 12.0 Å². The average molecular weight is 245 g/mol. The Morgan fingerprint density at radius 2 is 2.22 bits per heavy atom. The molecular formula is C13H15N3O2. The van der Waals surface area contributed by atoms with Crippen LogP contribution in [0.5, 0.6) is 5.75 Å². The standard InChI is InChI=1S/C13H15N3O2/c14-7-5-12-15-13(18-16-12)10-6-8-17-11-4-2-1-3-9(10)11/h1-4,10H,5-8,14H2. The molecule has 3 rings (SSSR count). The molecule has 2 aromatic rings. The van der Waals surface area contributed by atoms with Crippen molar-refractivity contribution in [1.29, 1.82) is 0 Å². The first kappa shape index (κ1) is 11.2. The molecule has 94 valence electrons. The SMILES string of the molecule is NCCc1noc(C2CCOc3ccccc32)n1. The topological polar surface area (TPSA) is 74.2 Å². The molecule has 2 N–H and O–H groups in total. The average Bonchev–Trinajstić information content (AvgIpc) is 2.87. The fourth-order valence-corrected chi connectivity index (χ4v) is 2.24. The van der Waals surface area contributed by atoms with E-state index in [1.54, 1.807) is 0 Å². The predicted octanol–water partition coefficient (Wildman–Crippen LogP) is 1.49. The molecule has 5 heteroatoms. The lowest BCUT2D eigenvalue weighted by atomic mass is 9.93. The van der Waals surface area contributed by atoms with E-state index >= 15 is 0 Å². The van der Waals surface area contributed by atoms with Crippen molar-refractivity contribution in [2.24, 2.45) is 5.73 Å². The lowest BCUT2D eigenvalue weighted by Crippen LogP contribution is -2.15. The second kappa shape index (κ2) is 4.78. The Balaban J connectivity index is 1.92. The lowest BCUT2D eigenvalue weighted by molar-refractivity contribution is 0.256. The zero-order chi connectivity index (χ0) is 12.4. The van der Waals surface area contributed by atoms with E-state index < -0.39 is 0 Å². The quantitative estimate of drug-likeness (QED) is 0.886. The molecule has 1 unspecified atom stereocenters. The Labute approximate surface area is 105 Å². The van der Waals surface area contributed by atoms with Gasteiger partial charge in [-0.05, 0) is 19.0 Å². The van der Waals surface area contributed by atoms with Crippen LogP contribution < -0.4 is 10.5 Å². The summed E-state index contributed by atoms with van der Waals surface area (Å²) in [6, 6.07) is 7.98. The van der Waals surface area contributed by atoms with Gasteiger partial charge in [0.15, 0.2) is 5.82 Å². The minimum absolute atomic E-state index is 0.133. The van der Waals surface area contributed by atoms with E-state index in [1.165, 1.54) is 0 Å². The van der Waals surface area contributed by atoms with Gasteiger partial charge in [0.1, 0.15) is 5.75 Å². The van der Waals surface area contributed by atoms with Crippen molar-refractivity contribution in [2.75, 3.05) is 13.2 Å². The van der Waals surface area contributed by atoms with Gasteiger partial charge < -0.3 is 15.0 Å². The van der Waals surface area contributed by atoms with Crippen LogP contribution in [0, 0.1) is 0 Å². The van der Waals surface area contributed by atoms with Crippen molar-refractivity contribution in [1.82, 2.24) is 10.1 Å². The van der Waals surface area contributed by atoms with E-state index in [0.717, 1.165) is 17.7 Å². The second-order valence-corrected chi connectivity index (χ2v) is 4.32. The minimum atomic E-state index is 0.133. The highest BCUT2D eigenvalue weighted by Crippen LogP contribution is 2.36. The van der Waals surface area contributed by atoms with Crippen molar-refractivity contribution in [3.8, 4) is 5.75 Å². The van der Waals surface area contributed by atoms with E-state index in [1.807, 2.05) is 24.3 Å². The van der Waals surface area contributed by atoms with Crippen LogP contribution in [0.3, 0.4) is 0 Å². The molecule has 1 aromatic carbocycles. The molecular weight excluding hydrogens is 230 g/mol. The summed E-state index contributed by atoms with van der Waals surface area (Å²) in [5.74, 6) is 2.38. The number of ether oxygens (including phenoxy) is 1. The smallest absolute Gasteiger partial charge is 0.234 e. The Bertz CT molecular complexity index is 539. The summed E-state index contributed by atoms with van der Waals surface area (Å²) in [6.07, 6.45) is 1.51. The fraction of sp³-hybridized carbons (Fsp3) is 0.385. The van der Waals surface area contributed by atoms with Crippen molar-refractivity contribution < 1.29 is 9.26 Å². The third-order valence-corrected chi connectivity index (χ3v) is 3.11. The first-order valence-corrected chi connectivity index (χ1v) is 6.13. The van der Waals surface area contributed by atoms with Crippen LogP contribution in [0.4, 0.5) is 0 Å². The Morgan fingerprint density at radius 1 is 1.33 bits per heavy atom. The molecule has 1 aliphatic rings. The third kappa shape index (κ3) is 1.97. The Kier molecular flexibility index (Phi) is 2.98. The maximum atomic E-state index is 5.62. The number of benzene rings is 1. The van der Waals surface area contributed by atoms with Crippen LogP contribution in [-0.2, 0) is 6.42 Å². The zero-order valence-electron chi connectivity index (χ0n) is 10.0. The highest BCUT2D eigenvalue weighted by Gasteiger charge is 2.27. The summed E-state index contributed by atoms with van der Waals surface area (Å²) in [5.41, 5.74) is 6.60. The van der Waals surface area contributed by atoms with Gasteiger partial charge >= 0.3 is 0 Å². The number of nitrogens with zero attached hydrogens (tertiary/aromatic N) is 2. The molecule has 0 amide bonds. The molecule has 18 heavy (non-hydrogen) atoms. The molecule has 0 saturated carbocycles. The van der Waals surface area contributed by atoms with E-state index in [9.17, 15) is 0 Å². The van der Waals surface area contributed by atoms with Crippen molar-refractivity contribution in [2.45, 2.75) is 18.8 Å². The first-order valence-electron chi connectivity index (χ1n) is 6.13. The van der Waals surface area contributed by atoms with Crippen LogP contribution >= 0.6 is 0 Å². The summed E-state index contributed by atoms with van der Waals surface area (Å²) >= 11 is 0. The number of hydrogen-bond donors (Lipinski definition) is 1. The van der Waals surface area contributed by atoms with Crippen molar-refractivity contribution in [3.05, 3.63) is 41.5 Å².